The zero-order chi connectivity index (χ0) is 23.5. The highest BCUT2D eigenvalue weighted by atomic mass is 35.5. The summed E-state index contributed by atoms with van der Waals surface area (Å²) in [6, 6.07) is 6.69. The minimum Gasteiger partial charge on any atom is -0.462 e. The van der Waals surface area contributed by atoms with Gasteiger partial charge in [0.1, 0.15) is 17.2 Å². The summed E-state index contributed by atoms with van der Waals surface area (Å²) in [5, 5.41) is 2.99. The number of esters is 1. The molecule has 0 saturated heterocycles. The largest absolute Gasteiger partial charge is 0.462 e. The molecule has 0 amide bonds. The molecule has 170 valence electrons. The molecule has 0 atom stereocenters. The van der Waals surface area contributed by atoms with Crippen molar-refractivity contribution in [2.75, 3.05) is 11.9 Å². The van der Waals surface area contributed by atoms with Crippen LogP contribution in [-0.2, 0) is 17.5 Å². The number of halogens is 4. The number of nitrogens with zero attached hydrogens (tertiary/aromatic N) is 4. The highest BCUT2D eigenvalue weighted by Gasteiger charge is 2.35. The number of rotatable bonds is 7. The molecule has 2 aromatic heterocycles. The van der Waals surface area contributed by atoms with Crippen LogP contribution in [0.2, 0.25) is 5.28 Å². The number of carbonyl (C=O) groups excluding carboxylic acids is 1. The molecule has 0 aliphatic rings. The average Bonchev–Trinajstić information content (AvgIpc) is 3.19. The standard InChI is InChI=1S/C21H21ClF3N5O2/c1-4-32-19(31)15-10-27-20(22)29-17(15)26-9-13-5-7-14(8-6-13)18-28-16(21(23,24)25)11-30(18)12(2)3/h5-8,10-12H,4,9H2,1-3H3,(H,26,27,29). The second kappa shape index (κ2) is 9.56. The van der Waals surface area contributed by atoms with Crippen molar-refractivity contribution in [3.8, 4) is 11.4 Å². The van der Waals surface area contributed by atoms with Crippen LogP contribution in [0.15, 0.2) is 36.7 Å². The van der Waals surface area contributed by atoms with E-state index in [-0.39, 0.29) is 41.7 Å². The van der Waals surface area contributed by atoms with Gasteiger partial charge < -0.3 is 14.6 Å². The fraction of sp³-hybridized carbons (Fsp3) is 0.333. The molecule has 0 radical (unpaired) electrons. The minimum absolute atomic E-state index is 0.0307. The maximum absolute atomic E-state index is 13.1. The van der Waals surface area contributed by atoms with E-state index in [9.17, 15) is 18.0 Å². The number of ether oxygens (including phenoxy) is 1. The Morgan fingerprint density at radius 1 is 1.22 bits per heavy atom. The molecule has 1 N–H and O–H groups in total. The maximum Gasteiger partial charge on any atom is 0.434 e. The first-order valence-corrected chi connectivity index (χ1v) is 10.2. The van der Waals surface area contributed by atoms with E-state index in [0.717, 1.165) is 11.8 Å². The lowest BCUT2D eigenvalue weighted by molar-refractivity contribution is -0.140. The Bertz CT molecular complexity index is 1100. The summed E-state index contributed by atoms with van der Waals surface area (Å²) in [5.74, 6) is -0.125. The quantitative estimate of drug-likeness (QED) is 0.371. The van der Waals surface area contributed by atoms with Crippen LogP contribution >= 0.6 is 11.6 Å². The zero-order valence-electron chi connectivity index (χ0n) is 17.6. The van der Waals surface area contributed by atoms with Crippen molar-refractivity contribution in [2.24, 2.45) is 0 Å². The highest BCUT2D eigenvalue weighted by Crippen LogP contribution is 2.32. The molecule has 0 aliphatic carbocycles. The van der Waals surface area contributed by atoms with Gasteiger partial charge in [-0.05, 0) is 37.9 Å². The van der Waals surface area contributed by atoms with Crippen LogP contribution in [0.3, 0.4) is 0 Å². The molecule has 0 bridgehead atoms. The number of hydrogen-bond donors (Lipinski definition) is 1. The molecule has 0 aliphatic heterocycles. The van der Waals surface area contributed by atoms with E-state index in [1.807, 2.05) is 0 Å². The molecule has 1 aromatic carbocycles. The van der Waals surface area contributed by atoms with Crippen molar-refractivity contribution < 1.29 is 22.7 Å². The topological polar surface area (TPSA) is 81.9 Å². The lowest BCUT2D eigenvalue weighted by Crippen LogP contribution is -2.12. The first kappa shape index (κ1) is 23.5. The number of imidazole rings is 1. The Labute approximate surface area is 187 Å². The van der Waals surface area contributed by atoms with E-state index in [4.69, 9.17) is 16.3 Å². The van der Waals surface area contributed by atoms with Crippen LogP contribution in [0, 0.1) is 0 Å². The van der Waals surface area contributed by atoms with Gasteiger partial charge in [0, 0.05) is 30.5 Å². The first-order valence-electron chi connectivity index (χ1n) is 9.79. The van der Waals surface area contributed by atoms with E-state index in [0.29, 0.717) is 5.56 Å². The molecule has 3 aromatic rings. The third-order valence-electron chi connectivity index (χ3n) is 4.51. The average molecular weight is 468 g/mol. The number of alkyl halides is 3. The van der Waals surface area contributed by atoms with E-state index >= 15 is 0 Å². The Morgan fingerprint density at radius 2 is 1.91 bits per heavy atom. The van der Waals surface area contributed by atoms with Crippen molar-refractivity contribution in [3.05, 3.63) is 58.8 Å². The summed E-state index contributed by atoms with van der Waals surface area (Å²) in [7, 11) is 0. The normalized spacial score (nSPS) is 11.6. The van der Waals surface area contributed by atoms with Crippen LogP contribution in [0.4, 0.5) is 19.0 Å². The van der Waals surface area contributed by atoms with E-state index < -0.39 is 17.8 Å². The molecular formula is C21H21ClF3N5O2. The van der Waals surface area contributed by atoms with E-state index in [2.05, 4.69) is 20.3 Å². The minimum atomic E-state index is -4.52. The predicted octanol–water partition coefficient (Wildman–Crippen LogP) is 5.38. The number of aromatic nitrogens is 4. The zero-order valence-corrected chi connectivity index (χ0v) is 18.3. The van der Waals surface area contributed by atoms with Crippen LogP contribution in [0.25, 0.3) is 11.4 Å². The predicted molar refractivity (Wildman–Crippen MR) is 113 cm³/mol. The van der Waals surface area contributed by atoms with Gasteiger partial charge in [-0.3, -0.25) is 0 Å². The molecule has 0 unspecified atom stereocenters. The lowest BCUT2D eigenvalue weighted by Gasteiger charge is -2.12. The van der Waals surface area contributed by atoms with E-state index in [1.54, 1.807) is 45.0 Å². The van der Waals surface area contributed by atoms with Crippen molar-refractivity contribution in [3.63, 3.8) is 0 Å². The molecule has 3 rings (SSSR count). The van der Waals surface area contributed by atoms with Gasteiger partial charge in [0.25, 0.3) is 0 Å². The molecule has 32 heavy (non-hydrogen) atoms. The molecule has 0 fully saturated rings. The Balaban J connectivity index is 1.81. The Kier molecular flexibility index (Phi) is 7.02. The van der Waals surface area contributed by atoms with Crippen molar-refractivity contribution >= 4 is 23.4 Å². The lowest BCUT2D eigenvalue weighted by atomic mass is 10.1. The summed E-state index contributed by atoms with van der Waals surface area (Å²) < 4.78 is 45.8. The third kappa shape index (κ3) is 5.37. The van der Waals surface area contributed by atoms with Crippen LogP contribution in [-0.4, -0.2) is 32.1 Å². The highest BCUT2D eigenvalue weighted by molar-refractivity contribution is 6.28. The smallest absolute Gasteiger partial charge is 0.434 e. The van der Waals surface area contributed by atoms with Crippen LogP contribution in [0.1, 0.15) is 48.4 Å². The maximum atomic E-state index is 13.1. The van der Waals surface area contributed by atoms with Crippen LogP contribution in [0.5, 0.6) is 0 Å². The summed E-state index contributed by atoms with van der Waals surface area (Å²) in [6.45, 7) is 5.75. The fourth-order valence-electron chi connectivity index (χ4n) is 2.95. The number of hydrogen-bond acceptors (Lipinski definition) is 6. The summed E-state index contributed by atoms with van der Waals surface area (Å²) >= 11 is 5.84. The number of nitrogens with one attached hydrogen (secondary N) is 1. The summed E-state index contributed by atoms with van der Waals surface area (Å²) in [5.41, 5.74) is 0.567. The monoisotopic (exact) mass is 467 g/mol. The van der Waals surface area contributed by atoms with Crippen molar-refractivity contribution in [1.29, 1.82) is 0 Å². The fourth-order valence-corrected chi connectivity index (χ4v) is 3.08. The summed E-state index contributed by atoms with van der Waals surface area (Å²) in [4.78, 5) is 23.7. The Hall–Kier alpha value is -3.14. The molecule has 0 saturated carbocycles. The second-order valence-electron chi connectivity index (χ2n) is 7.12. The van der Waals surface area contributed by atoms with Crippen molar-refractivity contribution in [1.82, 2.24) is 19.5 Å². The molecule has 7 nitrogen and oxygen atoms in total. The SMILES string of the molecule is CCOC(=O)c1cnc(Cl)nc1NCc1ccc(-c2nc(C(F)(F)F)cn2C(C)C)cc1. The molecule has 2 heterocycles. The second-order valence-corrected chi connectivity index (χ2v) is 7.46. The van der Waals surface area contributed by atoms with Gasteiger partial charge in [-0.2, -0.15) is 18.2 Å². The molecule has 11 heteroatoms. The molecular weight excluding hydrogens is 447 g/mol. The number of carbonyl (C=O) groups is 1. The van der Waals surface area contributed by atoms with Crippen molar-refractivity contribution in [2.45, 2.75) is 39.5 Å². The van der Waals surface area contributed by atoms with Gasteiger partial charge in [-0.25, -0.2) is 14.8 Å². The van der Waals surface area contributed by atoms with Gasteiger partial charge >= 0.3 is 12.1 Å². The van der Waals surface area contributed by atoms with Gasteiger partial charge in [0.15, 0.2) is 5.69 Å². The van der Waals surface area contributed by atoms with Crippen LogP contribution < -0.4 is 5.32 Å². The number of anilines is 1. The first-order chi connectivity index (χ1) is 15.1. The van der Waals surface area contributed by atoms with E-state index in [1.165, 1.54) is 10.8 Å². The third-order valence-corrected chi connectivity index (χ3v) is 4.69. The van der Waals surface area contributed by atoms with Gasteiger partial charge in [0.05, 0.1) is 6.61 Å². The van der Waals surface area contributed by atoms with Gasteiger partial charge in [-0.15, -0.1) is 0 Å². The van der Waals surface area contributed by atoms with Gasteiger partial charge in [0.2, 0.25) is 5.28 Å². The number of benzene rings is 1. The molecule has 0 spiro atoms. The van der Waals surface area contributed by atoms with Gasteiger partial charge in [-0.1, -0.05) is 24.3 Å². The summed E-state index contributed by atoms with van der Waals surface area (Å²) in [6.07, 6.45) is -2.22. The Morgan fingerprint density at radius 3 is 2.50 bits per heavy atom.